The summed E-state index contributed by atoms with van der Waals surface area (Å²) in [6, 6.07) is 0.639. The molecule has 1 nitrogen and oxygen atoms in total. The lowest BCUT2D eigenvalue weighted by Gasteiger charge is -2.19. The van der Waals surface area contributed by atoms with Gasteiger partial charge in [0.1, 0.15) is 0 Å². The molecule has 1 N–H and O–H groups in total. The smallest absolute Gasteiger partial charge is 0.00643 e. The van der Waals surface area contributed by atoms with E-state index in [1.165, 1.54) is 6.42 Å². The first-order valence-electron chi connectivity index (χ1n) is 4.56. The molecule has 0 heterocycles. The molecule has 2 atom stereocenters. The first-order chi connectivity index (χ1) is 5.22. The summed E-state index contributed by atoms with van der Waals surface area (Å²) in [5, 5.41) is 3.42. The zero-order valence-corrected chi connectivity index (χ0v) is 8.06. The minimum atomic E-state index is 0.639. The van der Waals surface area contributed by atoms with Crippen LogP contribution in [0.5, 0.6) is 0 Å². The Morgan fingerprint density at radius 1 is 1.45 bits per heavy atom. The Kier molecular flexibility index (Phi) is 6.24. The lowest BCUT2D eigenvalue weighted by molar-refractivity contribution is 0.388. The molecule has 0 aromatic heterocycles. The Balaban J connectivity index is 3.45. The summed E-state index contributed by atoms with van der Waals surface area (Å²) in [7, 11) is 0. The summed E-state index contributed by atoms with van der Waals surface area (Å²) in [5.74, 6) is 0.757. The second-order valence-electron chi connectivity index (χ2n) is 3.19. The highest BCUT2D eigenvalue weighted by atomic mass is 14.9. The third-order valence-electron chi connectivity index (χ3n) is 2.21. The summed E-state index contributed by atoms with van der Waals surface area (Å²) in [6.07, 6.45) is 4.38. The summed E-state index contributed by atoms with van der Waals surface area (Å²) in [6.45, 7) is 11.5. The van der Waals surface area contributed by atoms with Crippen molar-refractivity contribution in [1.29, 1.82) is 0 Å². The maximum absolute atomic E-state index is 3.72. The molecule has 66 valence electrons. The molecule has 0 rings (SSSR count). The van der Waals surface area contributed by atoms with Gasteiger partial charge in [-0.05, 0) is 32.2 Å². The highest BCUT2D eigenvalue weighted by molar-refractivity contribution is 4.73. The SMILES string of the molecule is C=CCCC(C)C(C)NCC. The molecular weight excluding hydrogens is 134 g/mol. The highest BCUT2D eigenvalue weighted by Gasteiger charge is 2.08. The van der Waals surface area contributed by atoms with Gasteiger partial charge < -0.3 is 5.32 Å². The minimum Gasteiger partial charge on any atom is -0.314 e. The molecule has 0 aliphatic carbocycles. The van der Waals surface area contributed by atoms with Crippen LogP contribution < -0.4 is 5.32 Å². The van der Waals surface area contributed by atoms with Gasteiger partial charge in [-0.2, -0.15) is 0 Å². The Hall–Kier alpha value is -0.300. The van der Waals surface area contributed by atoms with Crippen molar-refractivity contribution in [3.63, 3.8) is 0 Å². The molecule has 0 bridgehead atoms. The Morgan fingerprint density at radius 2 is 2.09 bits per heavy atom. The zero-order chi connectivity index (χ0) is 8.69. The van der Waals surface area contributed by atoms with Gasteiger partial charge in [-0.1, -0.05) is 19.9 Å². The van der Waals surface area contributed by atoms with Crippen molar-refractivity contribution >= 4 is 0 Å². The molecule has 2 unspecified atom stereocenters. The fourth-order valence-electron chi connectivity index (χ4n) is 1.15. The van der Waals surface area contributed by atoms with Crippen molar-refractivity contribution in [2.45, 2.75) is 39.7 Å². The average Bonchev–Trinajstić information content (AvgIpc) is 2.00. The molecule has 0 amide bonds. The molecular formula is C10H21N. The molecule has 0 radical (unpaired) electrons. The van der Waals surface area contributed by atoms with Gasteiger partial charge in [0.15, 0.2) is 0 Å². The third-order valence-corrected chi connectivity index (χ3v) is 2.21. The molecule has 0 saturated heterocycles. The van der Waals surface area contributed by atoms with Gasteiger partial charge >= 0.3 is 0 Å². The van der Waals surface area contributed by atoms with E-state index in [0.717, 1.165) is 18.9 Å². The second-order valence-corrected chi connectivity index (χ2v) is 3.19. The van der Waals surface area contributed by atoms with E-state index in [0.29, 0.717) is 6.04 Å². The largest absolute Gasteiger partial charge is 0.314 e. The predicted octanol–water partition coefficient (Wildman–Crippen LogP) is 2.59. The van der Waals surface area contributed by atoms with Crippen molar-refractivity contribution in [2.24, 2.45) is 5.92 Å². The van der Waals surface area contributed by atoms with Crippen LogP contribution in [-0.2, 0) is 0 Å². The van der Waals surface area contributed by atoms with Crippen LogP contribution in [0.15, 0.2) is 12.7 Å². The molecule has 1 heteroatoms. The third kappa shape index (κ3) is 5.02. The number of hydrogen-bond donors (Lipinski definition) is 1. The number of rotatable bonds is 6. The summed E-state index contributed by atoms with van der Waals surface area (Å²) >= 11 is 0. The van der Waals surface area contributed by atoms with Crippen LogP contribution in [0.2, 0.25) is 0 Å². The minimum absolute atomic E-state index is 0.639. The van der Waals surface area contributed by atoms with E-state index in [-0.39, 0.29) is 0 Å². The second kappa shape index (κ2) is 6.41. The van der Waals surface area contributed by atoms with Crippen LogP contribution in [0.4, 0.5) is 0 Å². The van der Waals surface area contributed by atoms with E-state index >= 15 is 0 Å². The van der Waals surface area contributed by atoms with Crippen molar-refractivity contribution < 1.29 is 0 Å². The number of hydrogen-bond acceptors (Lipinski definition) is 1. The van der Waals surface area contributed by atoms with Crippen LogP contribution in [0.1, 0.15) is 33.6 Å². The van der Waals surface area contributed by atoms with E-state index in [2.05, 4.69) is 32.7 Å². The average molecular weight is 155 g/mol. The Labute approximate surface area is 70.9 Å². The summed E-state index contributed by atoms with van der Waals surface area (Å²) < 4.78 is 0. The molecule has 0 aliphatic heterocycles. The van der Waals surface area contributed by atoms with Crippen molar-refractivity contribution in [1.82, 2.24) is 5.32 Å². The topological polar surface area (TPSA) is 12.0 Å². The van der Waals surface area contributed by atoms with Gasteiger partial charge in [0.05, 0.1) is 0 Å². The quantitative estimate of drug-likeness (QED) is 0.581. The molecule has 0 aromatic carbocycles. The predicted molar refractivity (Wildman–Crippen MR) is 51.7 cm³/mol. The van der Waals surface area contributed by atoms with Crippen LogP contribution in [0.3, 0.4) is 0 Å². The standard InChI is InChI=1S/C10H21N/c1-5-7-8-9(3)10(4)11-6-2/h5,9-11H,1,6-8H2,2-4H3. The Morgan fingerprint density at radius 3 is 2.55 bits per heavy atom. The van der Waals surface area contributed by atoms with Crippen molar-refractivity contribution in [3.05, 3.63) is 12.7 Å². The van der Waals surface area contributed by atoms with Crippen LogP contribution in [-0.4, -0.2) is 12.6 Å². The van der Waals surface area contributed by atoms with Crippen molar-refractivity contribution in [2.75, 3.05) is 6.54 Å². The summed E-state index contributed by atoms with van der Waals surface area (Å²) in [4.78, 5) is 0. The van der Waals surface area contributed by atoms with Crippen molar-refractivity contribution in [3.8, 4) is 0 Å². The monoisotopic (exact) mass is 155 g/mol. The van der Waals surface area contributed by atoms with Gasteiger partial charge in [0, 0.05) is 6.04 Å². The van der Waals surface area contributed by atoms with Gasteiger partial charge in [0.2, 0.25) is 0 Å². The number of allylic oxidation sites excluding steroid dienone is 1. The normalized spacial score (nSPS) is 15.9. The first-order valence-corrected chi connectivity index (χ1v) is 4.56. The van der Waals surface area contributed by atoms with Gasteiger partial charge in [-0.25, -0.2) is 0 Å². The van der Waals surface area contributed by atoms with Crippen LogP contribution in [0, 0.1) is 5.92 Å². The molecule has 11 heavy (non-hydrogen) atoms. The maximum atomic E-state index is 3.72. The van der Waals surface area contributed by atoms with E-state index in [4.69, 9.17) is 0 Å². The van der Waals surface area contributed by atoms with E-state index in [9.17, 15) is 0 Å². The van der Waals surface area contributed by atoms with E-state index in [1.54, 1.807) is 0 Å². The van der Waals surface area contributed by atoms with Gasteiger partial charge in [-0.15, -0.1) is 6.58 Å². The van der Waals surface area contributed by atoms with E-state index in [1.807, 2.05) is 6.08 Å². The molecule has 0 saturated carbocycles. The zero-order valence-electron chi connectivity index (χ0n) is 8.06. The Bertz CT molecular complexity index is 99.0. The molecule has 0 fully saturated rings. The van der Waals surface area contributed by atoms with Gasteiger partial charge in [-0.3, -0.25) is 0 Å². The lowest BCUT2D eigenvalue weighted by atomic mass is 9.98. The van der Waals surface area contributed by atoms with Crippen LogP contribution >= 0.6 is 0 Å². The fraction of sp³-hybridized carbons (Fsp3) is 0.800. The molecule has 0 spiro atoms. The molecule has 0 aliphatic rings. The van der Waals surface area contributed by atoms with Gasteiger partial charge in [0.25, 0.3) is 0 Å². The van der Waals surface area contributed by atoms with E-state index < -0.39 is 0 Å². The maximum Gasteiger partial charge on any atom is 0.00643 e. The first kappa shape index (κ1) is 10.7. The fourth-order valence-corrected chi connectivity index (χ4v) is 1.15. The van der Waals surface area contributed by atoms with Crippen LogP contribution in [0.25, 0.3) is 0 Å². The summed E-state index contributed by atoms with van der Waals surface area (Å²) in [5.41, 5.74) is 0. The molecule has 0 aromatic rings. The highest BCUT2D eigenvalue weighted by Crippen LogP contribution is 2.10. The number of nitrogens with one attached hydrogen (secondary N) is 1. The lowest BCUT2D eigenvalue weighted by Crippen LogP contribution is -2.31.